The van der Waals surface area contributed by atoms with E-state index in [0.29, 0.717) is 111 Å². The predicted octanol–water partition coefficient (Wildman–Crippen LogP) is 6.80. The number of hydrogen-bond donors (Lipinski definition) is 4. The minimum Gasteiger partial charge on any atom is -0.493 e. The quantitative estimate of drug-likeness (QED) is 0.0572. The minimum atomic E-state index is 0.360. The summed E-state index contributed by atoms with van der Waals surface area (Å²) in [6.45, 7) is 6.93. The number of ether oxygens (including phenoxy) is 11. The van der Waals surface area contributed by atoms with Gasteiger partial charge in [0.1, 0.15) is 23.6 Å². The molecule has 0 radical (unpaired) electrons. The predicted molar refractivity (Wildman–Crippen MR) is 287 cm³/mol. The van der Waals surface area contributed by atoms with Crippen LogP contribution >= 0.6 is 11.6 Å². The first-order chi connectivity index (χ1) is 37.1. The Morgan fingerprint density at radius 1 is 0.500 bits per heavy atom. The largest absolute Gasteiger partial charge is 0.493 e. The lowest BCUT2D eigenvalue weighted by atomic mass is 10.2. The molecule has 0 spiro atoms. The number of hydrogen-bond acceptors (Lipinski definition) is 24. The van der Waals surface area contributed by atoms with E-state index < -0.39 is 0 Å². The van der Waals surface area contributed by atoms with Gasteiger partial charge in [-0.15, -0.1) is 0 Å². The van der Waals surface area contributed by atoms with Crippen LogP contribution in [0.4, 0.5) is 34.8 Å². The Morgan fingerprint density at radius 3 is 1.25 bits per heavy atom. The fourth-order valence-electron chi connectivity index (χ4n) is 7.18. The number of nitrogen functional groups attached to an aromatic ring is 1. The second-order valence-electron chi connectivity index (χ2n) is 15.5. The molecule has 7 aromatic rings. The van der Waals surface area contributed by atoms with Crippen LogP contribution in [0.15, 0.2) is 85.7 Å². The normalized spacial score (nSPS) is 12.6. The van der Waals surface area contributed by atoms with Gasteiger partial charge in [-0.1, -0.05) is 11.6 Å². The highest BCUT2D eigenvalue weighted by atomic mass is 35.5. The van der Waals surface area contributed by atoms with E-state index in [-0.39, 0.29) is 0 Å². The second-order valence-corrected chi connectivity index (χ2v) is 15.9. The Morgan fingerprint density at radius 2 is 0.908 bits per heavy atom. The highest BCUT2D eigenvalue weighted by molar-refractivity contribution is 6.29. The van der Waals surface area contributed by atoms with Crippen LogP contribution in [0, 0.1) is 0 Å². The van der Waals surface area contributed by atoms with Crippen LogP contribution in [0.5, 0.6) is 51.7 Å². The zero-order valence-corrected chi connectivity index (χ0v) is 44.5. The lowest BCUT2D eigenvalue weighted by molar-refractivity contribution is 0.109. The van der Waals surface area contributed by atoms with Gasteiger partial charge in [0.15, 0.2) is 46.1 Å². The number of morpholine rings is 2. The van der Waals surface area contributed by atoms with Gasteiger partial charge in [-0.2, -0.15) is 9.97 Å². The lowest BCUT2D eigenvalue weighted by Gasteiger charge is -2.27. The first-order valence-corrected chi connectivity index (χ1v) is 23.7. The molecule has 0 unspecified atom stereocenters. The van der Waals surface area contributed by atoms with Crippen LogP contribution in [0.1, 0.15) is 0 Å². The van der Waals surface area contributed by atoms with Crippen molar-refractivity contribution in [1.29, 1.82) is 0 Å². The Hall–Kier alpha value is -8.45. The molecular formula is C51H62ClN13O11. The van der Waals surface area contributed by atoms with E-state index in [1.807, 2.05) is 12.1 Å². The smallest absolute Gasteiger partial charge is 0.230 e. The summed E-state index contributed by atoms with van der Waals surface area (Å²) in [4.78, 5) is 36.5. The Balaban J connectivity index is 0.000000186. The molecule has 25 heteroatoms. The fourth-order valence-corrected chi connectivity index (χ4v) is 7.29. The summed E-state index contributed by atoms with van der Waals surface area (Å²) >= 11 is 5.81. The van der Waals surface area contributed by atoms with Crippen LogP contribution in [-0.4, -0.2) is 156 Å². The van der Waals surface area contributed by atoms with Crippen LogP contribution < -0.4 is 69.2 Å². The maximum absolute atomic E-state index is 5.81. The van der Waals surface area contributed by atoms with Crippen molar-refractivity contribution >= 4 is 46.4 Å². The van der Waals surface area contributed by atoms with E-state index in [1.165, 1.54) is 12.7 Å². The van der Waals surface area contributed by atoms with Gasteiger partial charge in [0.25, 0.3) is 0 Å². The number of nitrogens with one attached hydrogen (secondary N) is 3. The first-order valence-electron chi connectivity index (χ1n) is 23.4. The molecule has 2 fully saturated rings. The SMILES string of the molecule is C1COCCN1.COc1cc(N)cc(OC)c1OC.COc1cc(Nc2ncnc(-c3ccc(Cl)nc3)n2)cc(OC)c1OC.COc1cc(Nc2ncnc(-c3ccc(N4CCOCC4)nc3)n2)cc(OC)c1OC. The number of methoxy groups -OCH3 is 9. The van der Waals surface area contributed by atoms with Gasteiger partial charge in [0.2, 0.25) is 29.1 Å². The van der Waals surface area contributed by atoms with Gasteiger partial charge in [-0.25, -0.2) is 29.9 Å². The van der Waals surface area contributed by atoms with Gasteiger partial charge in [0, 0.05) is 103 Å². The van der Waals surface area contributed by atoms with E-state index >= 15 is 0 Å². The summed E-state index contributed by atoms with van der Waals surface area (Å²) in [5.41, 5.74) is 9.08. The molecule has 76 heavy (non-hydrogen) atoms. The Bertz CT molecular complexity index is 2820. The Labute approximate surface area is 445 Å². The maximum atomic E-state index is 5.81. The molecule has 24 nitrogen and oxygen atoms in total. The molecule has 2 saturated heterocycles. The summed E-state index contributed by atoms with van der Waals surface area (Å²) in [7, 11) is 14.0. The van der Waals surface area contributed by atoms with E-state index in [1.54, 1.807) is 125 Å². The molecule has 0 saturated carbocycles. The third-order valence-corrected chi connectivity index (χ3v) is 11.1. The molecule has 3 aromatic carbocycles. The van der Waals surface area contributed by atoms with E-state index in [9.17, 15) is 0 Å². The molecule has 2 aliphatic heterocycles. The third kappa shape index (κ3) is 15.8. The van der Waals surface area contributed by atoms with Crippen LogP contribution in [-0.2, 0) is 9.47 Å². The number of anilines is 6. The zero-order valence-electron chi connectivity index (χ0n) is 43.7. The summed E-state index contributed by atoms with van der Waals surface area (Å²) in [5, 5.41) is 9.82. The number of rotatable bonds is 16. The van der Waals surface area contributed by atoms with Gasteiger partial charge < -0.3 is 78.7 Å². The van der Waals surface area contributed by atoms with E-state index in [2.05, 4.69) is 60.7 Å². The zero-order chi connectivity index (χ0) is 54.2. The average Bonchev–Trinajstić information content (AvgIpc) is 3.48. The van der Waals surface area contributed by atoms with Crippen molar-refractivity contribution in [3.05, 3.63) is 90.9 Å². The van der Waals surface area contributed by atoms with Crippen molar-refractivity contribution in [1.82, 2.24) is 45.2 Å². The van der Waals surface area contributed by atoms with Gasteiger partial charge >= 0.3 is 0 Å². The van der Waals surface area contributed by atoms with Crippen molar-refractivity contribution < 1.29 is 52.1 Å². The number of nitrogens with zero attached hydrogens (tertiary/aromatic N) is 9. The van der Waals surface area contributed by atoms with Crippen molar-refractivity contribution in [2.24, 2.45) is 0 Å². The maximum Gasteiger partial charge on any atom is 0.230 e. The third-order valence-electron chi connectivity index (χ3n) is 10.8. The molecule has 0 aliphatic carbocycles. The number of nitrogens with two attached hydrogens (primary N) is 1. The number of pyridine rings is 2. The lowest BCUT2D eigenvalue weighted by Crippen LogP contribution is -2.36. The summed E-state index contributed by atoms with van der Waals surface area (Å²) in [6.07, 6.45) is 6.24. The van der Waals surface area contributed by atoms with E-state index in [0.717, 1.165) is 56.3 Å². The monoisotopic (exact) mass is 1070 g/mol. The number of aromatic nitrogens is 8. The standard InChI is InChI=1S/C21H24N6O4.C17H16ClN5O3.C9H13NO3.C4H9NO/c1-28-16-10-15(11-17(29-2)19(16)30-3)25-21-24-13-23-20(26-21)14-4-5-18(22-12-14)27-6-8-31-9-7-27;1-24-12-6-11(7-13(25-2)15(12)26-3)22-17-21-9-20-16(23-17)10-4-5-14(18)19-8-10;1-11-7-4-6(10)5-8(12-2)9(7)13-3;1-3-6-4-2-5-1/h4-5,10-13H,6-9H2,1-3H3,(H,23,24,25,26);4-9H,1-3H3,(H,20,21,22,23);4-5H,10H2,1-3H3;5H,1-4H2. The highest BCUT2D eigenvalue weighted by Gasteiger charge is 2.18. The summed E-state index contributed by atoms with van der Waals surface area (Å²) in [5.74, 6) is 7.46. The molecule has 4 aromatic heterocycles. The van der Waals surface area contributed by atoms with Crippen LogP contribution in [0.2, 0.25) is 5.15 Å². The number of halogens is 1. The molecule has 0 atom stereocenters. The van der Waals surface area contributed by atoms with Crippen molar-refractivity contribution in [3.8, 4) is 74.5 Å². The molecule has 5 N–H and O–H groups in total. The highest BCUT2D eigenvalue weighted by Crippen LogP contribution is 2.42. The molecule has 2 aliphatic rings. The molecule has 9 rings (SSSR count). The van der Waals surface area contributed by atoms with Crippen LogP contribution in [0.25, 0.3) is 22.8 Å². The second kappa shape index (κ2) is 29.4. The molecular weight excluding hydrogens is 1010 g/mol. The van der Waals surface area contributed by atoms with Crippen molar-refractivity contribution in [3.63, 3.8) is 0 Å². The summed E-state index contributed by atoms with van der Waals surface area (Å²) in [6, 6.07) is 17.8. The first kappa shape index (κ1) is 56.8. The van der Waals surface area contributed by atoms with Gasteiger partial charge in [-0.3, -0.25) is 0 Å². The van der Waals surface area contributed by atoms with E-state index in [4.69, 9.17) is 69.4 Å². The molecule has 0 amide bonds. The minimum absolute atomic E-state index is 0.360. The molecule has 404 valence electrons. The summed E-state index contributed by atoms with van der Waals surface area (Å²) < 4.78 is 57.8. The average molecular weight is 1070 g/mol. The Kier molecular flexibility index (Phi) is 22.0. The van der Waals surface area contributed by atoms with Gasteiger partial charge in [0.05, 0.1) is 90.4 Å². The topological polar surface area (TPSA) is 270 Å². The molecule has 6 heterocycles. The van der Waals surface area contributed by atoms with Crippen molar-refractivity contribution in [2.45, 2.75) is 0 Å². The van der Waals surface area contributed by atoms with Gasteiger partial charge in [-0.05, 0) is 24.3 Å². The number of benzene rings is 3. The van der Waals surface area contributed by atoms with Crippen molar-refractivity contribution in [2.75, 3.05) is 138 Å². The molecule has 0 bridgehead atoms. The van der Waals surface area contributed by atoms with Crippen LogP contribution in [0.3, 0.4) is 0 Å². The fraction of sp³-hybridized carbons (Fsp3) is 0.333.